The SMILES string of the molecule is O=c1[nH]c(C(F)(F)F)nc2c1CN(Cc1[nH]c(-c3ccccc3)nc1Cl)CC2. The number of benzene rings is 1. The molecular formula is C18H15ClF3N5O. The Bertz CT molecular complexity index is 1060. The van der Waals surface area contributed by atoms with E-state index in [9.17, 15) is 18.0 Å². The van der Waals surface area contributed by atoms with Crippen LogP contribution in [0.1, 0.15) is 22.8 Å². The fourth-order valence-corrected chi connectivity index (χ4v) is 3.39. The van der Waals surface area contributed by atoms with Crippen LogP contribution in [0.25, 0.3) is 11.4 Å². The molecule has 0 amide bonds. The van der Waals surface area contributed by atoms with Gasteiger partial charge in [0.1, 0.15) is 5.82 Å². The molecule has 3 heterocycles. The normalized spacial score (nSPS) is 14.9. The van der Waals surface area contributed by atoms with Crippen LogP contribution in [0.4, 0.5) is 13.2 Å². The predicted molar refractivity (Wildman–Crippen MR) is 96.7 cm³/mol. The van der Waals surface area contributed by atoms with Crippen molar-refractivity contribution in [1.29, 1.82) is 0 Å². The smallest absolute Gasteiger partial charge is 0.339 e. The number of aromatic nitrogens is 4. The third-order valence-corrected chi connectivity index (χ3v) is 4.89. The Kier molecular flexibility index (Phi) is 4.72. The van der Waals surface area contributed by atoms with Gasteiger partial charge in [0.05, 0.1) is 17.0 Å². The fourth-order valence-electron chi connectivity index (χ4n) is 3.20. The lowest BCUT2D eigenvalue weighted by molar-refractivity contribution is -0.145. The number of nitrogens with one attached hydrogen (secondary N) is 2. The van der Waals surface area contributed by atoms with E-state index in [2.05, 4.69) is 15.0 Å². The van der Waals surface area contributed by atoms with Crippen molar-refractivity contribution in [2.45, 2.75) is 25.7 Å². The minimum absolute atomic E-state index is 0.186. The van der Waals surface area contributed by atoms with E-state index in [-0.39, 0.29) is 24.2 Å². The molecule has 0 unspecified atom stereocenters. The molecule has 3 aromatic rings. The highest BCUT2D eigenvalue weighted by Crippen LogP contribution is 2.27. The number of hydrogen-bond donors (Lipinski definition) is 2. The summed E-state index contributed by atoms with van der Waals surface area (Å²) >= 11 is 6.24. The van der Waals surface area contributed by atoms with Crippen LogP contribution in [-0.4, -0.2) is 31.4 Å². The van der Waals surface area contributed by atoms with Gasteiger partial charge in [0.25, 0.3) is 5.56 Å². The van der Waals surface area contributed by atoms with E-state index < -0.39 is 17.6 Å². The van der Waals surface area contributed by atoms with E-state index in [1.807, 2.05) is 40.2 Å². The molecule has 1 aliphatic rings. The number of halogens is 4. The van der Waals surface area contributed by atoms with Gasteiger partial charge in [-0.25, -0.2) is 9.97 Å². The summed E-state index contributed by atoms with van der Waals surface area (Å²) in [6.07, 6.45) is -4.43. The molecule has 1 aromatic carbocycles. The molecule has 6 nitrogen and oxygen atoms in total. The highest BCUT2D eigenvalue weighted by Gasteiger charge is 2.36. The summed E-state index contributed by atoms with van der Waals surface area (Å²) in [5.74, 6) is -0.624. The van der Waals surface area contributed by atoms with Gasteiger partial charge in [0, 0.05) is 31.6 Å². The first-order chi connectivity index (χ1) is 13.3. The number of H-pyrrole nitrogens is 2. The second-order valence-electron chi connectivity index (χ2n) is 6.52. The van der Waals surface area contributed by atoms with Gasteiger partial charge in [-0.1, -0.05) is 41.9 Å². The number of rotatable bonds is 3. The van der Waals surface area contributed by atoms with Crippen molar-refractivity contribution in [1.82, 2.24) is 24.8 Å². The van der Waals surface area contributed by atoms with E-state index in [1.165, 1.54) is 0 Å². The van der Waals surface area contributed by atoms with Gasteiger partial charge < -0.3 is 9.97 Å². The number of fused-ring (bicyclic) bond motifs is 1. The van der Waals surface area contributed by atoms with Gasteiger partial charge in [0.2, 0.25) is 5.82 Å². The van der Waals surface area contributed by atoms with Crippen LogP contribution in [0.3, 0.4) is 0 Å². The standard InChI is InChI=1S/C18H15ClF3N5O/c19-14-13(23-15(25-14)10-4-2-1-3-5-10)9-27-7-6-12-11(8-27)16(28)26-17(24-12)18(20,21)22/h1-5H,6-9H2,(H,23,25)(H,24,26,28). The van der Waals surface area contributed by atoms with Crippen LogP contribution in [-0.2, 0) is 25.7 Å². The van der Waals surface area contributed by atoms with Gasteiger partial charge in [-0.05, 0) is 0 Å². The van der Waals surface area contributed by atoms with E-state index in [0.29, 0.717) is 29.8 Å². The Morgan fingerprint density at radius 2 is 1.89 bits per heavy atom. The minimum Gasteiger partial charge on any atom is -0.339 e. The monoisotopic (exact) mass is 409 g/mol. The third kappa shape index (κ3) is 3.67. The molecule has 28 heavy (non-hydrogen) atoms. The Morgan fingerprint density at radius 1 is 1.14 bits per heavy atom. The second kappa shape index (κ2) is 7.06. The summed E-state index contributed by atoms with van der Waals surface area (Å²) in [5.41, 5.74) is 1.24. The van der Waals surface area contributed by atoms with Crippen LogP contribution < -0.4 is 5.56 Å². The topological polar surface area (TPSA) is 77.7 Å². The molecule has 4 rings (SSSR count). The van der Waals surface area contributed by atoms with Crippen LogP contribution in [0, 0.1) is 0 Å². The molecule has 10 heteroatoms. The summed E-state index contributed by atoms with van der Waals surface area (Å²) in [7, 11) is 0. The highest BCUT2D eigenvalue weighted by atomic mass is 35.5. The zero-order chi connectivity index (χ0) is 19.9. The molecule has 0 bridgehead atoms. The maximum Gasteiger partial charge on any atom is 0.449 e. The first-order valence-electron chi connectivity index (χ1n) is 8.52. The average molecular weight is 410 g/mol. The van der Waals surface area contributed by atoms with Crippen molar-refractivity contribution in [2.75, 3.05) is 6.54 Å². The zero-order valence-corrected chi connectivity index (χ0v) is 15.2. The van der Waals surface area contributed by atoms with Crippen molar-refractivity contribution in [3.05, 3.63) is 68.6 Å². The molecule has 0 saturated carbocycles. The molecule has 1 aliphatic heterocycles. The van der Waals surface area contributed by atoms with Crippen molar-refractivity contribution in [2.24, 2.45) is 0 Å². The van der Waals surface area contributed by atoms with Gasteiger partial charge in [-0.15, -0.1) is 0 Å². The van der Waals surface area contributed by atoms with Crippen LogP contribution in [0.2, 0.25) is 5.15 Å². The minimum atomic E-state index is -4.68. The third-order valence-electron chi connectivity index (χ3n) is 4.57. The molecule has 0 fully saturated rings. The maximum atomic E-state index is 12.8. The Balaban J connectivity index is 1.55. The quantitative estimate of drug-likeness (QED) is 0.695. The first-order valence-corrected chi connectivity index (χ1v) is 8.90. The van der Waals surface area contributed by atoms with Gasteiger partial charge in [-0.2, -0.15) is 13.2 Å². The molecular weight excluding hydrogens is 395 g/mol. The number of imidazole rings is 1. The Morgan fingerprint density at radius 3 is 2.61 bits per heavy atom. The second-order valence-corrected chi connectivity index (χ2v) is 6.88. The van der Waals surface area contributed by atoms with Crippen molar-refractivity contribution < 1.29 is 13.2 Å². The summed E-state index contributed by atoms with van der Waals surface area (Å²) in [6.45, 7) is 1.03. The number of aromatic amines is 2. The van der Waals surface area contributed by atoms with Crippen LogP contribution in [0.15, 0.2) is 35.1 Å². The van der Waals surface area contributed by atoms with Gasteiger partial charge >= 0.3 is 6.18 Å². The average Bonchev–Trinajstić information content (AvgIpc) is 3.02. The lowest BCUT2D eigenvalue weighted by Crippen LogP contribution is -2.36. The van der Waals surface area contributed by atoms with Crippen molar-refractivity contribution in [3.63, 3.8) is 0 Å². The van der Waals surface area contributed by atoms with E-state index >= 15 is 0 Å². The molecule has 0 aliphatic carbocycles. The summed E-state index contributed by atoms with van der Waals surface area (Å²) in [4.78, 5) is 27.0. The lowest BCUT2D eigenvalue weighted by Gasteiger charge is -2.27. The molecule has 0 radical (unpaired) electrons. The lowest BCUT2D eigenvalue weighted by atomic mass is 10.1. The molecule has 2 N–H and O–H groups in total. The van der Waals surface area contributed by atoms with Crippen molar-refractivity contribution in [3.8, 4) is 11.4 Å². The molecule has 0 atom stereocenters. The Labute approximate surface area is 162 Å². The molecule has 0 spiro atoms. The summed E-state index contributed by atoms with van der Waals surface area (Å²) in [5, 5.41) is 0.323. The molecule has 2 aromatic heterocycles. The van der Waals surface area contributed by atoms with E-state index in [0.717, 1.165) is 5.56 Å². The summed E-state index contributed by atoms with van der Waals surface area (Å²) < 4.78 is 38.5. The van der Waals surface area contributed by atoms with Crippen LogP contribution >= 0.6 is 11.6 Å². The highest BCUT2D eigenvalue weighted by molar-refractivity contribution is 6.30. The summed E-state index contributed by atoms with van der Waals surface area (Å²) in [6, 6.07) is 9.48. The van der Waals surface area contributed by atoms with E-state index in [4.69, 9.17) is 11.6 Å². The van der Waals surface area contributed by atoms with Crippen molar-refractivity contribution >= 4 is 11.6 Å². The Hall–Kier alpha value is -2.65. The van der Waals surface area contributed by atoms with Crippen LogP contribution in [0.5, 0.6) is 0 Å². The predicted octanol–water partition coefficient (Wildman–Crippen LogP) is 3.39. The largest absolute Gasteiger partial charge is 0.449 e. The number of hydrogen-bond acceptors (Lipinski definition) is 4. The van der Waals surface area contributed by atoms with E-state index in [1.54, 1.807) is 0 Å². The molecule has 146 valence electrons. The zero-order valence-electron chi connectivity index (χ0n) is 14.5. The van der Waals surface area contributed by atoms with Gasteiger partial charge in [0.15, 0.2) is 5.15 Å². The number of alkyl halides is 3. The number of nitrogens with zero attached hydrogens (tertiary/aromatic N) is 3. The maximum absolute atomic E-state index is 12.8. The molecule has 0 saturated heterocycles. The van der Waals surface area contributed by atoms with Gasteiger partial charge in [-0.3, -0.25) is 9.69 Å². The first kappa shape index (κ1) is 18.7. The fraction of sp³-hybridized carbons (Fsp3) is 0.278.